The summed E-state index contributed by atoms with van der Waals surface area (Å²) >= 11 is 1.47. The van der Waals surface area contributed by atoms with E-state index in [1.165, 1.54) is 11.3 Å². The van der Waals surface area contributed by atoms with Crippen LogP contribution in [0, 0.1) is 11.3 Å². The lowest BCUT2D eigenvalue weighted by Crippen LogP contribution is -1.84. The number of aliphatic carboxylic acids is 1. The number of carbonyl (C=O) groups is 1. The lowest BCUT2D eigenvalue weighted by atomic mass is 10.2. The number of hydrogen-bond donors (Lipinski definition) is 1. The summed E-state index contributed by atoms with van der Waals surface area (Å²) in [6.07, 6.45) is 6.66. The molecule has 1 rings (SSSR count). The van der Waals surface area contributed by atoms with Crippen molar-refractivity contribution in [1.82, 2.24) is 0 Å². The maximum absolute atomic E-state index is 10.3. The van der Waals surface area contributed by atoms with Crippen LogP contribution in [-0.4, -0.2) is 11.1 Å². The Morgan fingerprint density at radius 2 is 2.40 bits per heavy atom. The van der Waals surface area contributed by atoms with E-state index >= 15 is 0 Å². The minimum Gasteiger partial charge on any atom is -0.478 e. The van der Waals surface area contributed by atoms with Crippen molar-refractivity contribution >= 4 is 29.5 Å². The van der Waals surface area contributed by atoms with Crippen LogP contribution >= 0.6 is 11.3 Å². The molecule has 1 N–H and O–H groups in total. The fourth-order valence-electron chi connectivity index (χ4n) is 0.944. The summed E-state index contributed by atoms with van der Waals surface area (Å²) < 4.78 is 0. The summed E-state index contributed by atoms with van der Waals surface area (Å²) in [7, 11) is 0. The fourth-order valence-corrected chi connectivity index (χ4v) is 1.71. The van der Waals surface area contributed by atoms with Gasteiger partial charge in [0.2, 0.25) is 0 Å². The van der Waals surface area contributed by atoms with E-state index in [-0.39, 0.29) is 0 Å². The van der Waals surface area contributed by atoms with E-state index in [4.69, 9.17) is 10.4 Å². The van der Waals surface area contributed by atoms with Gasteiger partial charge in [-0.05, 0) is 23.1 Å². The van der Waals surface area contributed by atoms with Gasteiger partial charge in [-0.2, -0.15) is 5.26 Å². The van der Waals surface area contributed by atoms with Gasteiger partial charge in [-0.25, -0.2) is 4.79 Å². The molecule has 4 heteroatoms. The first kappa shape index (κ1) is 11.2. The van der Waals surface area contributed by atoms with Crippen LogP contribution in [0.5, 0.6) is 0 Å². The Labute approximate surface area is 91.6 Å². The number of nitrogens with zero attached hydrogens (tertiary/aromatic N) is 1. The van der Waals surface area contributed by atoms with Crippen LogP contribution in [0.2, 0.25) is 0 Å². The summed E-state index contributed by atoms with van der Waals surface area (Å²) in [6, 6.07) is 3.88. The summed E-state index contributed by atoms with van der Waals surface area (Å²) in [5.74, 6) is -0.954. The fraction of sp³-hybridized carbons (Fsp3) is 0.0909. The van der Waals surface area contributed by atoms with Gasteiger partial charge in [0.1, 0.15) is 0 Å². The Morgan fingerprint density at radius 3 is 3.07 bits per heavy atom. The van der Waals surface area contributed by atoms with Gasteiger partial charge in [-0.15, -0.1) is 11.3 Å². The summed E-state index contributed by atoms with van der Waals surface area (Å²) in [5, 5.41) is 18.7. The molecule has 1 heterocycles. The molecule has 0 saturated heterocycles. The first-order valence-corrected chi connectivity index (χ1v) is 5.13. The zero-order valence-electron chi connectivity index (χ0n) is 7.88. The van der Waals surface area contributed by atoms with Gasteiger partial charge in [0, 0.05) is 11.0 Å². The van der Waals surface area contributed by atoms with Crippen LogP contribution in [0.1, 0.15) is 16.9 Å². The topological polar surface area (TPSA) is 61.1 Å². The number of hydrogen-bond acceptors (Lipinski definition) is 3. The molecule has 1 aromatic rings. The van der Waals surface area contributed by atoms with Crippen molar-refractivity contribution in [2.45, 2.75) is 6.42 Å². The predicted molar refractivity (Wildman–Crippen MR) is 60.3 cm³/mol. The van der Waals surface area contributed by atoms with Crippen LogP contribution in [0.3, 0.4) is 0 Å². The SMILES string of the molecule is N#CCC=Cc1csc(/C=C/C(=O)O)c1. The molecule has 0 aliphatic carbocycles. The van der Waals surface area contributed by atoms with Gasteiger partial charge in [0.15, 0.2) is 0 Å². The summed E-state index contributed by atoms with van der Waals surface area (Å²) in [6.45, 7) is 0. The van der Waals surface area contributed by atoms with Crippen molar-refractivity contribution in [3.8, 4) is 6.07 Å². The molecule has 0 bridgehead atoms. The van der Waals surface area contributed by atoms with Crippen molar-refractivity contribution in [3.63, 3.8) is 0 Å². The molecule has 0 radical (unpaired) electrons. The highest BCUT2D eigenvalue weighted by Gasteiger charge is 1.94. The number of allylic oxidation sites excluding steroid dienone is 1. The van der Waals surface area contributed by atoms with Gasteiger partial charge in [-0.3, -0.25) is 0 Å². The molecule has 0 aromatic carbocycles. The average molecular weight is 219 g/mol. The maximum Gasteiger partial charge on any atom is 0.328 e. The van der Waals surface area contributed by atoms with E-state index < -0.39 is 5.97 Å². The van der Waals surface area contributed by atoms with Crippen LogP contribution in [0.25, 0.3) is 12.2 Å². The number of rotatable bonds is 4. The maximum atomic E-state index is 10.3. The van der Waals surface area contributed by atoms with Gasteiger partial charge < -0.3 is 5.11 Å². The number of nitriles is 1. The minimum atomic E-state index is -0.954. The lowest BCUT2D eigenvalue weighted by Gasteiger charge is -1.81. The third-order valence-corrected chi connectivity index (χ3v) is 2.47. The van der Waals surface area contributed by atoms with Crippen LogP contribution < -0.4 is 0 Å². The van der Waals surface area contributed by atoms with Gasteiger partial charge >= 0.3 is 5.97 Å². The van der Waals surface area contributed by atoms with Gasteiger partial charge in [-0.1, -0.05) is 12.2 Å². The number of carboxylic acid groups (broad SMARTS) is 1. The molecule has 0 aliphatic rings. The van der Waals surface area contributed by atoms with Crippen molar-refractivity contribution in [2.75, 3.05) is 0 Å². The van der Waals surface area contributed by atoms with Gasteiger partial charge in [0.05, 0.1) is 12.5 Å². The Kier molecular flexibility index (Phi) is 4.32. The van der Waals surface area contributed by atoms with Crippen molar-refractivity contribution in [3.05, 3.63) is 34.0 Å². The highest BCUT2D eigenvalue weighted by molar-refractivity contribution is 7.11. The van der Waals surface area contributed by atoms with Crippen molar-refractivity contribution < 1.29 is 9.90 Å². The second kappa shape index (κ2) is 5.78. The Hall–Kier alpha value is -1.86. The molecular weight excluding hydrogens is 210 g/mol. The van der Waals surface area contributed by atoms with Crippen molar-refractivity contribution in [2.24, 2.45) is 0 Å². The molecule has 0 unspecified atom stereocenters. The predicted octanol–water partition coefficient (Wildman–Crippen LogP) is 2.77. The van der Waals surface area contributed by atoms with E-state index in [9.17, 15) is 4.79 Å². The first-order chi connectivity index (χ1) is 7.22. The van der Waals surface area contributed by atoms with Crippen LogP contribution in [0.4, 0.5) is 0 Å². The van der Waals surface area contributed by atoms with E-state index in [2.05, 4.69) is 0 Å². The highest BCUT2D eigenvalue weighted by Crippen LogP contribution is 2.17. The second-order valence-electron chi connectivity index (χ2n) is 2.72. The largest absolute Gasteiger partial charge is 0.478 e. The second-order valence-corrected chi connectivity index (χ2v) is 3.66. The Bertz CT molecular complexity index is 438. The Balaban J connectivity index is 2.65. The van der Waals surface area contributed by atoms with E-state index in [1.807, 2.05) is 23.6 Å². The number of carboxylic acids is 1. The summed E-state index contributed by atoms with van der Waals surface area (Å²) in [4.78, 5) is 11.1. The summed E-state index contributed by atoms with van der Waals surface area (Å²) in [5.41, 5.74) is 0.986. The molecule has 0 fully saturated rings. The molecule has 0 spiro atoms. The van der Waals surface area contributed by atoms with Gasteiger partial charge in [0.25, 0.3) is 0 Å². The van der Waals surface area contributed by atoms with E-state index in [0.717, 1.165) is 16.5 Å². The highest BCUT2D eigenvalue weighted by atomic mass is 32.1. The molecule has 15 heavy (non-hydrogen) atoms. The molecular formula is C11H9NO2S. The van der Waals surface area contributed by atoms with Crippen LogP contribution in [-0.2, 0) is 4.79 Å². The number of thiophene rings is 1. The minimum absolute atomic E-state index is 0.385. The van der Waals surface area contributed by atoms with E-state index in [1.54, 1.807) is 12.2 Å². The first-order valence-electron chi connectivity index (χ1n) is 4.25. The van der Waals surface area contributed by atoms with Crippen molar-refractivity contribution in [1.29, 1.82) is 5.26 Å². The molecule has 0 atom stereocenters. The monoisotopic (exact) mass is 219 g/mol. The molecule has 76 valence electrons. The quantitative estimate of drug-likeness (QED) is 0.792. The van der Waals surface area contributed by atoms with E-state index in [0.29, 0.717) is 6.42 Å². The molecule has 0 amide bonds. The Morgan fingerprint density at radius 1 is 1.60 bits per heavy atom. The lowest BCUT2D eigenvalue weighted by molar-refractivity contribution is -0.131. The molecule has 1 aromatic heterocycles. The third kappa shape index (κ3) is 4.25. The standard InChI is InChI=1S/C11H9NO2S/c12-6-2-1-3-9-7-10(15-8-9)4-5-11(13)14/h1,3-5,7-8H,2H2,(H,13,14)/b3-1?,5-4+. The normalized spacial score (nSPS) is 10.9. The third-order valence-electron chi connectivity index (χ3n) is 1.55. The molecule has 3 nitrogen and oxygen atoms in total. The zero-order valence-corrected chi connectivity index (χ0v) is 8.70. The smallest absolute Gasteiger partial charge is 0.328 e. The zero-order chi connectivity index (χ0) is 11.1. The van der Waals surface area contributed by atoms with Crippen LogP contribution in [0.15, 0.2) is 23.6 Å². The molecule has 0 aliphatic heterocycles. The average Bonchev–Trinajstić information content (AvgIpc) is 2.63. The molecule has 0 saturated carbocycles.